The fourth-order valence-electron chi connectivity index (χ4n) is 3.40. The van der Waals surface area contributed by atoms with Gasteiger partial charge in [0.1, 0.15) is 0 Å². The first kappa shape index (κ1) is 13.4. The second kappa shape index (κ2) is 5.40. The molecule has 4 atom stereocenters. The van der Waals surface area contributed by atoms with Crippen LogP contribution >= 0.6 is 11.3 Å². The molecule has 0 radical (unpaired) electrons. The largest absolute Gasteiger partial charge is 0.481 e. The molecule has 0 aliphatic heterocycles. The summed E-state index contributed by atoms with van der Waals surface area (Å²) in [6.07, 6.45) is 5.56. The SMILES string of the molecule is O=C(O)[C@@H]1C2C=CC(C2)[C@@H]1C(=O)NCCc1ccsc1. The van der Waals surface area contributed by atoms with Gasteiger partial charge in [0.25, 0.3) is 0 Å². The van der Waals surface area contributed by atoms with Gasteiger partial charge in [0.2, 0.25) is 5.91 Å². The summed E-state index contributed by atoms with van der Waals surface area (Å²) in [5.41, 5.74) is 1.21. The number of carbonyl (C=O) groups is 2. The Labute approximate surface area is 121 Å². The van der Waals surface area contributed by atoms with Crippen LogP contribution in [0.5, 0.6) is 0 Å². The molecule has 1 saturated carbocycles. The van der Waals surface area contributed by atoms with Crippen LogP contribution in [0, 0.1) is 23.7 Å². The van der Waals surface area contributed by atoms with Crippen molar-refractivity contribution in [3.8, 4) is 0 Å². The number of hydrogen-bond donors (Lipinski definition) is 2. The third-order valence-corrected chi connectivity index (χ3v) is 5.07. The van der Waals surface area contributed by atoms with Crippen molar-refractivity contribution in [1.82, 2.24) is 5.32 Å². The number of allylic oxidation sites excluding steroid dienone is 2. The Morgan fingerprint density at radius 2 is 2.05 bits per heavy atom. The highest BCUT2D eigenvalue weighted by Crippen LogP contribution is 2.48. The number of aliphatic carboxylic acids is 1. The summed E-state index contributed by atoms with van der Waals surface area (Å²) in [5.74, 6) is -1.77. The molecule has 3 rings (SSSR count). The Hall–Kier alpha value is -1.62. The molecule has 2 aliphatic rings. The molecule has 4 nitrogen and oxygen atoms in total. The minimum atomic E-state index is -0.847. The number of rotatable bonds is 5. The fourth-order valence-corrected chi connectivity index (χ4v) is 4.10. The molecule has 0 spiro atoms. The van der Waals surface area contributed by atoms with E-state index in [-0.39, 0.29) is 17.7 Å². The van der Waals surface area contributed by atoms with E-state index in [1.807, 2.05) is 23.6 Å². The lowest BCUT2D eigenvalue weighted by Crippen LogP contribution is -2.40. The number of fused-ring (bicyclic) bond motifs is 2. The van der Waals surface area contributed by atoms with Crippen molar-refractivity contribution in [3.05, 3.63) is 34.5 Å². The van der Waals surface area contributed by atoms with Crippen LogP contribution in [-0.2, 0) is 16.0 Å². The standard InChI is InChI=1S/C15H17NO3S/c17-14(16-5-3-9-4-6-20-8-9)12-10-1-2-11(7-10)13(12)15(18)19/h1-2,4,6,8,10-13H,3,5,7H2,(H,16,17)(H,18,19)/t10?,11?,12-,13+/m0/s1. The van der Waals surface area contributed by atoms with Crippen molar-refractivity contribution in [3.63, 3.8) is 0 Å². The highest BCUT2D eigenvalue weighted by Gasteiger charge is 2.51. The number of hydrogen-bond acceptors (Lipinski definition) is 3. The van der Waals surface area contributed by atoms with Crippen molar-refractivity contribution < 1.29 is 14.7 Å². The van der Waals surface area contributed by atoms with Crippen molar-refractivity contribution in [2.45, 2.75) is 12.8 Å². The molecule has 0 saturated heterocycles. The highest BCUT2D eigenvalue weighted by molar-refractivity contribution is 7.07. The maximum atomic E-state index is 12.3. The molecule has 2 bridgehead atoms. The van der Waals surface area contributed by atoms with Gasteiger partial charge in [-0.2, -0.15) is 11.3 Å². The monoisotopic (exact) mass is 291 g/mol. The topological polar surface area (TPSA) is 66.4 Å². The lowest BCUT2D eigenvalue weighted by molar-refractivity contribution is -0.147. The van der Waals surface area contributed by atoms with E-state index in [1.54, 1.807) is 11.3 Å². The second-order valence-corrected chi connectivity index (χ2v) is 6.29. The van der Waals surface area contributed by atoms with Crippen LogP contribution in [-0.4, -0.2) is 23.5 Å². The van der Waals surface area contributed by atoms with Gasteiger partial charge in [0, 0.05) is 6.54 Å². The molecular weight excluding hydrogens is 274 g/mol. The molecule has 2 unspecified atom stereocenters. The Balaban J connectivity index is 1.59. The molecule has 1 aromatic heterocycles. The number of carbonyl (C=O) groups excluding carboxylic acids is 1. The minimum Gasteiger partial charge on any atom is -0.481 e. The van der Waals surface area contributed by atoms with E-state index in [1.165, 1.54) is 5.56 Å². The molecule has 20 heavy (non-hydrogen) atoms. The normalized spacial score (nSPS) is 30.6. The highest BCUT2D eigenvalue weighted by atomic mass is 32.1. The van der Waals surface area contributed by atoms with Crippen molar-refractivity contribution in [2.24, 2.45) is 23.7 Å². The quantitative estimate of drug-likeness (QED) is 0.815. The van der Waals surface area contributed by atoms with Crippen LogP contribution in [0.1, 0.15) is 12.0 Å². The van der Waals surface area contributed by atoms with Gasteiger partial charge < -0.3 is 10.4 Å². The van der Waals surface area contributed by atoms with E-state index in [2.05, 4.69) is 10.7 Å². The van der Waals surface area contributed by atoms with E-state index >= 15 is 0 Å². The predicted octanol–water partition coefficient (Wildman–Crippen LogP) is 1.93. The van der Waals surface area contributed by atoms with Gasteiger partial charge in [-0.25, -0.2) is 0 Å². The summed E-state index contributed by atoms with van der Waals surface area (Å²) in [6, 6.07) is 2.04. The molecule has 1 aromatic rings. The van der Waals surface area contributed by atoms with Gasteiger partial charge in [-0.15, -0.1) is 0 Å². The van der Waals surface area contributed by atoms with Gasteiger partial charge in [0.05, 0.1) is 11.8 Å². The summed E-state index contributed by atoms with van der Waals surface area (Å²) in [5, 5.41) is 16.3. The Kier molecular flexibility index (Phi) is 3.61. The van der Waals surface area contributed by atoms with E-state index in [0.717, 1.165) is 12.8 Å². The van der Waals surface area contributed by atoms with E-state index in [0.29, 0.717) is 6.54 Å². The molecular formula is C15H17NO3S. The first-order valence-corrected chi connectivity index (χ1v) is 7.81. The third kappa shape index (κ3) is 2.38. The van der Waals surface area contributed by atoms with E-state index in [9.17, 15) is 14.7 Å². The van der Waals surface area contributed by atoms with Crippen molar-refractivity contribution in [2.75, 3.05) is 6.54 Å². The molecule has 1 heterocycles. The second-order valence-electron chi connectivity index (χ2n) is 5.51. The maximum Gasteiger partial charge on any atom is 0.307 e. The summed E-state index contributed by atoms with van der Waals surface area (Å²) >= 11 is 1.64. The Morgan fingerprint density at radius 1 is 1.30 bits per heavy atom. The number of amides is 1. The molecule has 5 heteroatoms. The smallest absolute Gasteiger partial charge is 0.307 e. The van der Waals surface area contributed by atoms with Crippen LogP contribution in [0.25, 0.3) is 0 Å². The average molecular weight is 291 g/mol. The van der Waals surface area contributed by atoms with Gasteiger partial charge >= 0.3 is 5.97 Å². The van der Waals surface area contributed by atoms with Crippen LogP contribution in [0.15, 0.2) is 29.0 Å². The number of carboxylic acid groups (broad SMARTS) is 1. The number of thiophene rings is 1. The number of carboxylic acids is 1. The third-order valence-electron chi connectivity index (χ3n) is 4.34. The zero-order valence-corrected chi connectivity index (χ0v) is 11.8. The summed E-state index contributed by atoms with van der Waals surface area (Å²) in [6.45, 7) is 0.569. The van der Waals surface area contributed by atoms with E-state index < -0.39 is 17.8 Å². The predicted molar refractivity (Wildman–Crippen MR) is 76.4 cm³/mol. The van der Waals surface area contributed by atoms with Gasteiger partial charge in [-0.05, 0) is 47.1 Å². The van der Waals surface area contributed by atoms with Crippen LogP contribution in [0.3, 0.4) is 0 Å². The van der Waals surface area contributed by atoms with Crippen LogP contribution in [0.2, 0.25) is 0 Å². The first-order valence-electron chi connectivity index (χ1n) is 6.86. The van der Waals surface area contributed by atoms with Gasteiger partial charge in [-0.1, -0.05) is 12.2 Å². The fraction of sp³-hybridized carbons (Fsp3) is 0.467. The summed E-state index contributed by atoms with van der Waals surface area (Å²) < 4.78 is 0. The zero-order chi connectivity index (χ0) is 14.1. The molecule has 106 valence electrons. The summed E-state index contributed by atoms with van der Waals surface area (Å²) in [4.78, 5) is 23.6. The Morgan fingerprint density at radius 3 is 2.70 bits per heavy atom. The van der Waals surface area contributed by atoms with Crippen molar-refractivity contribution >= 4 is 23.2 Å². The molecule has 2 N–H and O–H groups in total. The van der Waals surface area contributed by atoms with Crippen molar-refractivity contribution in [1.29, 1.82) is 0 Å². The zero-order valence-electron chi connectivity index (χ0n) is 11.0. The minimum absolute atomic E-state index is 0.0325. The van der Waals surface area contributed by atoms with Crippen LogP contribution < -0.4 is 5.32 Å². The summed E-state index contributed by atoms with van der Waals surface area (Å²) in [7, 11) is 0. The average Bonchev–Trinajstić information content (AvgIpc) is 3.13. The lowest BCUT2D eigenvalue weighted by atomic mass is 9.82. The molecule has 1 amide bonds. The van der Waals surface area contributed by atoms with Crippen LogP contribution in [0.4, 0.5) is 0 Å². The lowest BCUT2D eigenvalue weighted by Gasteiger charge is -2.23. The molecule has 2 aliphatic carbocycles. The van der Waals surface area contributed by atoms with Gasteiger partial charge in [0.15, 0.2) is 0 Å². The maximum absolute atomic E-state index is 12.3. The van der Waals surface area contributed by atoms with Gasteiger partial charge in [-0.3, -0.25) is 9.59 Å². The Bertz CT molecular complexity index is 537. The first-order chi connectivity index (χ1) is 9.66. The molecule has 1 fully saturated rings. The number of nitrogens with one attached hydrogen (secondary N) is 1. The molecule has 0 aromatic carbocycles. The van der Waals surface area contributed by atoms with E-state index in [4.69, 9.17) is 0 Å².